The number of hydrogen-bond donors (Lipinski definition) is 2. The van der Waals surface area contributed by atoms with E-state index in [0.717, 1.165) is 0 Å². The zero-order chi connectivity index (χ0) is 24.0. The van der Waals surface area contributed by atoms with E-state index >= 15 is 0 Å². The Morgan fingerprint density at radius 3 is 2.00 bits per heavy atom. The van der Waals surface area contributed by atoms with Crippen molar-refractivity contribution in [2.75, 3.05) is 26.2 Å². The Bertz CT molecular complexity index is 973. The molecule has 0 aliphatic carbocycles. The highest BCUT2D eigenvalue weighted by Crippen LogP contribution is 2.24. The Morgan fingerprint density at radius 1 is 0.879 bits per heavy atom. The highest BCUT2D eigenvalue weighted by Gasteiger charge is 2.28. The highest BCUT2D eigenvalue weighted by molar-refractivity contribution is 5.95. The molecule has 0 unspecified atom stereocenters. The van der Waals surface area contributed by atoms with Crippen LogP contribution in [0.15, 0.2) is 48.5 Å². The van der Waals surface area contributed by atoms with E-state index in [9.17, 15) is 18.8 Å². The maximum atomic E-state index is 12.9. The van der Waals surface area contributed by atoms with Gasteiger partial charge in [0, 0.05) is 43.2 Å². The molecule has 1 aliphatic heterocycles. The standard InChI is InChI=1S/C26H32FN3O3/c1-26(2,3)21-8-4-20(5-9-21)25(33)30-16-12-19(13-17-30)24(32)29-15-14-28-23(31)18-6-10-22(27)11-7-18/h4-11,19H,12-17H2,1-3H3,(H,28,31)(H,29,32). The Labute approximate surface area is 194 Å². The van der Waals surface area contributed by atoms with E-state index in [4.69, 9.17) is 0 Å². The van der Waals surface area contributed by atoms with Gasteiger partial charge in [-0.2, -0.15) is 0 Å². The quantitative estimate of drug-likeness (QED) is 0.657. The molecule has 33 heavy (non-hydrogen) atoms. The lowest BCUT2D eigenvalue weighted by Gasteiger charge is -2.31. The molecule has 1 fully saturated rings. The number of piperidine rings is 1. The summed E-state index contributed by atoms with van der Waals surface area (Å²) in [4.78, 5) is 39.1. The molecule has 2 aromatic rings. The van der Waals surface area contributed by atoms with Gasteiger partial charge in [-0.1, -0.05) is 32.9 Å². The number of carbonyl (C=O) groups excluding carboxylic acids is 3. The number of likely N-dealkylation sites (tertiary alicyclic amines) is 1. The van der Waals surface area contributed by atoms with Gasteiger partial charge in [0.25, 0.3) is 11.8 Å². The highest BCUT2D eigenvalue weighted by atomic mass is 19.1. The molecule has 1 heterocycles. The summed E-state index contributed by atoms with van der Waals surface area (Å²) in [6, 6.07) is 13.0. The van der Waals surface area contributed by atoms with E-state index in [-0.39, 0.29) is 35.6 Å². The van der Waals surface area contributed by atoms with Gasteiger partial charge < -0.3 is 15.5 Å². The third kappa shape index (κ3) is 6.63. The van der Waals surface area contributed by atoms with Crippen LogP contribution in [-0.2, 0) is 10.2 Å². The van der Waals surface area contributed by atoms with E-state index in [1.807, 2.05) is 24.3 Å². The number of carbonyl (C=O) groups is 3. The minimum Gasteiger partial charge on any atom is -0.354 e. The lowest BCUT2D eigenvalue weighted by Crippen LogP contribution is -2.44. The summed E-state index contributed by atoms with van der Waals surface area (Å²) in [5.41, 5.74) is 2.26. The van der Waals surface area contributed by atoms with Crippen molar-refractivity contribution < 1.29 is 18.8 Å². The molecule has 3 rings (SSSR count). The molecule has 0 bridgehead atoms. The van der Waals surface area contributed by atoms with Crippen LogP contribution < -0.4 is 10.6 Å². The van der Waals surface area contributed by atoms with Gasteiger partial charge in [-0.05, 0) is 60.2 Å². The van der Waals surface area contributed by atoms with Gasteiger partial charge in [0.2, 0.25) is 5.91 Å². The molecule has 1 aliphatic rings. The van der Waals surface area contributed by atoms with Gasteiger partial charge in [-0.25, -0.2) is 4.39 Å². The summed E-state index contributed by atoms with van der Waals surface area (Å²) in [5.74, 6) is -0.924. The molecule has 176 valence electrons. The van der Waals surface area contributed by atoms with Crippen LogP contribution >= 0.6 is 0 Å². The van der Waals surface area contributed by atoms with Crippen molar-refractivity contribution in [2.24, 2.45) is 5.92 Å². The van der Waals surface area contributed by atoms with Crippen molar-refractivity contribution in [1.29, 1.82) is 0 Å². The van der Waals surface area contributed by atoms with Crippen molar-refractivity contribution in [3.05, 3.63) is 71.0 Å². The third-order valence-corrected chi connectivity index (χ3v) is 5.97. The summed E-state index contributed by atoms with van der Waals surface area (Å²) < 4.78 is 12.9. The Kier molecular flexibility index (Phi) is 7.84. The van der Waals surface area contributed by atoms with Gasteiger partial charge in [0.05, 0.1) is 0 Å². The summed E-state index contributed by atoms with van der Waals surface area (Å²) >= 11 is 0. The molecule has 1 saturated heterocycles. The minimum atomic E-state index is -0.398. The number of amides is 3. The van der Waals surface area contributed by atoms with E-state index < -0.39 is 5.82 Å². The van der Waals surface area contributed by atoms with E-state index in [1.54, 1.807) is 4.90 Å². The van der Waals surface area contributed by atoms with Gasteiger partial charge in [0.1, 0.15) is 5.82 Å². The molecular weight excluding hydrogens is 421 g/mol. The van der Waals surface area contributed by atoms with E-state index in [2.05, 4.69) is 31.4 Å². The van der Waals surface area contributed by atoms with Crippen LogP contribution in [0.5, 0.6) is 0 Å². The second kappa shape index (κ2) is 10.6. The van der Waals surface area contributed by atoms with Crippen LogP contribution in [0.3, 0.4) is 0 Å². The monoisotopic (exact) mass is 453 g/mol. The van der Waals surface area contributed by atoms with Crippen LogP contribution in [-0.4, -0.2) is 48.8 Å². The molecule has 0 aromatic heterocycles. The topological polar surface area (TPSA) is 78.5 Å². The third-order valence-electron chi connectivity index (χ3n) is 5.97. The average Bonchev–Trinajstić information content (AvgIpc) is 2.81. The first-order chi connectivity index (χ1) is 15.6. The SMILES string of the molecule is CC(C)(C)c1ccc(C(=O)N2CCC(C(=O)NCCNC(=O)c3ccc(F)cc3)CC2)cc1. The molecule has 2 N–H and O–H groups in total. The van der Waals surface area contributed by atoms with Crippen molar-refractivity contribution in [3.8, 4) is 0 Å². The van der Waals surface area contributed by atoms with Crippen LogP contribution in [0.4, 0.5) is 4.39 Å². The van der Waals surface area contributed by atoms with E-state index in [0.29, 0.717) is 43.6 Å². The molecule has 6 nitrogen and oxygen atoms in total. The van der Waals surface area contributed by atoms with Crippen LogP contribution in [0.2, 0.25) is 0 Å². The second-order valence-electron chi connectivity index (χ2n) is 9.45. The zero-order valence-electron chi connectivity index (χ0n) is 19.5. The zero-order valence-corrected chi connectivity index (χ0v) is 19.5. The lowest BCUT2D eigenvalue weighted by molar-refractivity contribution is -0.126. The van der Waals surface area contributed by atoms with Gasteiger partial charge in [-0.3, -0.25) is 14.4 Å². The fourth-order valence-electron chi connectivity index (χ4n) is 3.85. The Hall–Kier alpha value is -3.22. The molecule has 0 spiro atoms. The predicted molar refractivity (Wildman–Crippen MR) is 126 cm³/mol. The molecule has 3 amide bonds. The lowest BCUT2D eigenvalue weighted by atomic mass is 9.86. The number of rotatable bonds is 6. The van der Waals surface area contributed by atoms with Crippen LogP contribution in [0.25, 0.3) is 0 Å². The normalized spacial score (nSPS) is 14.6. The Morgan fingerprint density at radius 2 is 1.42 bits per heavy atom. The molecule has 2 aromatic carbocycles. The van der Waals surface area contributed by atoms with E-state index in [1.165, 1.54) is 29.8 Å². The number of halogens is 1. The van der Waals surface area contributed by atoms with Gasteiger partial charge in [0.15, 0.2) is 0 Å². The maximum Gasteiger partial charge on any atom is 0.253 e. The molecular formula is C26H32FN3O3. The van der Waals surface area contributed by atoms with Gasteiger partial charge >= 0.3 is 0 Å². The minimum absolute atomic E-state index is 0.00202. The van der Waals surface area contributed by atoms with Crippen LogP contribution in [0.1, 0.15) is 59.9 Å². The largest absolute Gasteiger partial charge is 0.354 e. The first kappa shape index (κ1) is 24.4. The Balaban J connectivity index is 1.39. The van der Waals surface area contributed by atoms with Crippen molar-refractivity contribution >= 4 is 17.7 Å². The summed E-state index contributed by atoms with van der Waals surface area (Å²) in [6.07, 6.45) is 1.22. The first-order valence-electron chi connectivity index (χ1n) is 11.4. The molecule has 0 atom stereocenters. The molecule has 0 radical (unpaired) electrons. The summed E-state index contributed by atoms with van der Waals surface area (Å²) in [7, 11) is 0. The predicted octanol–water partition coefficient (Wildman–Crippen LogP) is 3.52. The van der Waals surface area contributed by atoms with Crippen molar-refractivity contribution in [1.82, 2.24) is 15.5 Å². The summed E-state index contributed by atoms with van der Waals surface area (Å²) in [5, 5.41) is 5.55. The number of nitrogens with one attached hydrogen (secondary N) is 2. The number of benzene rings is 2. The molecule has 0 saturated carbocycles. The second-order valence-corrected chi connectivity index (χ2v) is 9.45. The number of nitrogens with zero attached hydrogens (tertiary/aromatic N) is 1. The average molecular weight is 454 g/mol. The maximum absolute atomic E-state index is 12.9. The van der Waals surface area contributed by atoms with Gasteiger partial charge in [-0.15, -0.1) is 0 Å². The number of hydrogen-bond acceptors (Lipinski definition) is 3. The van der Waals surface area contributed by atoms with Crippen molar-refractivity contribution in [3.63, 3.8) is 0 Å². The van der Waals surface area contributed by atoms with Crippen LogP contribution in [0, 0.1) is 11.7 Å². The fraction of sp³-hybridized carbons (Fsp3) is 0.423. The van der Waals surface area contributed by atoms with Crippen molar-refractivity contribution in [2.45, 2.75) is 39.0 Å². The smallest absolute Gasteiger partial charge is 0.253 e. The fourth-order valence-corrected chi connectivity index (χ4v) is 3.85. The first-order valence-corrected chi connectivity index (χ1v) is 11.4. The summed E-state index contributed by atoms with van der Waals surface area (Å²) in [6.45, 7) is 8.09. The molecule has 7 heteroatoms.